The van der Waals surface area contributed by atoms with Gasteiger partial charge in [0.1, 0.15) is 16.7 Å². The van der Waals surface area contributed by atoms with Crippen LogP contribution in [0.25, 0.3) is 0 Å². The second-order valence-corrected chi connectivity index (χ2v) is 10.4. The van der Waals surface area contributed by atoms with Gasteiger partial charge in [-0.15, -0.1) is 0 Å². The van der Waals surface area contributed by atoms with E-state index in [1.807, 2.05) is 12.1 Å². The van der Waals surface area contributed by atoms with Gasteiger partial charge in [0.2, 0.25) is 11.8 Å². The van der Waals surface area contributed by atoms with Crippen LogP contribution in [0.15, 0.2) is 85.2 Å². The summed E-state index contributed by atoms with van der Waals surface area (Å²) < 4.78 is 12.0. The van der Waals surface area contributed by atoms with Gasteiger partial charge in [-0.25, -0.2) is 14.8 Å². The van der Waals surface area contributed by atoms with Gasteiger partial charge in [0.25, 0.3) is 5.91 Å². The van der Waals surface area contributed by atoms with E-state index in [9.17, 15) is 19.5 Å². The fraction of sp³-hybridized carbons (Fsp3) is 0.219. The molecule has 0 saturated heterocycles. The van der Waals surface area contributed by atoms with E-state index in [4.69, 9.17) is 21.1 Å². The summed E-state index contributed by atoms with van der Waals surface area (Å²) in [5, 5.41) is 15.1. The van der Waals surface area contributed by atoms with Crippen LogP contribution in [0, 0.1) is 0 Å². The first-order valence-electron chi connectivity index (χ1n) is 13.8. The molecule has 0 aliphatic heterocycles. The van der Waals surface area contributed by atoms with Gasteiger partial charge in [-0.05, 0) is 79.8 Å². The molecule has 2 heterocycles. The first-order valence-corrected chi connectivity index (χ1v) is 14.1. The molecule has 43 heavy (non-hydrogen) atoms. The Morgan fingerprint density at radius 2 is 1.58 bits per heavy atom. The number of para-hydroxylation sites is 1. The van der Waals surface area contributed by atoms with Gasteiger partial charge in [-0.2, -0.15) is 0 Å². The van der Waals surface area contributed by atoms with Crippen molar-refractivity contribution in [2.45, 2.75) is 44.2 Å². The quantitative estimate of drug-likeness (QED) is 0.191. The zero-order chi connectivity index (χ0) is 30.2. The molecule has 2 aromatic heterocycles. The van der Waals surface area contributed by atoms with E-state index in [0.717, 1.165) is 31.4 Å². The van der Waals surface area contributed by atoms with Crippen molar-refractivity contribution in [2.75, 3.05) is 5.32 Å². The third kappa shape index (κ3) is 8.08. The molecule has 0 unspecified atom stereocenters. The van der Waals surface area contributed by atoms with Crippen LogP contribution in [-0.4, -0.2) is 45.0 Å². The van der Waals surface area contributed by atoms with E-state index in [2.05, 4.69) is 20.6 Å². The fourth-order valence-corrected chi connectivity index (χ4v) is 4.98. The van der Waals surface area contributed by atoms with Crippen molar-refractivity contribution in [3.8, 4) is 17.4 Å². The second kappa shape index (κ2) is 13.8. The highest BCUT2D eigenvalue weighted by Crippen LogP contribution is 2.27. The molecule has 4 aromatic rings. The number of aromatic carboxylic acids is 1. The summed E-state index contributed by atoms with van der Waals surface area (Å²) in [6.07, 6.45) is 6.39. The van der Waals surface area contributed by atoms with Crippen LogP contribution < -0.4 is 20.1 Å². The predicted octanol–water partition coefficient (Wildman–Crippen LogP) is 5.92. The maximum atomic E-state index is 12.5. The highest BCUT2D eigenvalue weighted by molar-refractivity contribution is 6.32. The Morgan fingerprint density at radius 3 is 2.28 bits per heavy atom. The molecular formula is C32H29ClN4O6. The third-order valence-electron chi connectivity index (χ3n) is 6.96. The van der Waals surface area contributed by atoms with Crippen molar-refractivity contribution in [1.29, 1.82) is 0 Å². The number of carbonyl (C=O) groups is 3. The van der Waals surface area contributed by atoms with Gasteiger partial charge in [0.05, 0.1) is 29.3 Å². The normalized spacial score (nSPS) is 16.1. The Hall–Kier alpha value is -4.96. The zero-order valence-electron chi connectivity index (χ0n) is 23.0. The minimum Gasteiger partial charge on any atom is -0.490 e. The molecular weight excluding hydrogens is 572 g/mol. The van der Waals surface area contributed by atoms with Gasteiger partial charge < -0.3 is 25.2 Å². The number of carboxylic acid groups (broad SMARTS) is 1. The Morgan fingerprint density at radius 1 is 0.860 bits per heavy atom. The van der Waals surface area contributed by atoms with Gasteiger partial charge in [0.15, 0.2) is 0 Å². The van der Waals surface area contributed by atoms with Crippen molar-refractivity contribution < 1.29 is 29.0 Å². The number of ether oxygens (including phenoxy) is 2. The summed E-state index contributed by atoms with van der Waals surface area (Å²) in [4.78, 5) is 44.5. The number of hydrogen-bond acceptors (Lipinski definition) is 7. The standard InChI is InChI=1S/C32H29ClN4O6/c33-30-26(5-3-17-34-30)31(39)36-21-8-10-22(11-9-21)42-23-12-14-24(15-13-23)43-29-16-7-20(19-35-29)18-28(38)37-27-6-2-1-4-25(27)32(40)41/h1-7,12-17,19,21-22H,8-11,18H2,(H,36,39)(H,37,38)(H,40,41). The number of carbonyl (C=O) groups excluding carboxylic acids is 2. The summed E-state index contributed by atoms with van der Waals surface area (Å²) in [5.74, 6) is -0.0183. The van der Waals surface area contributed by atoms with Crippen molar-refractivity contribution in [3.63, 3.8) is 0 Å². The number of anilines is 1. The van der Waals surface area contributed by atoms with Gasteiger partial charge in [-0.1, -0.05) is 29.8 Å². The van der Waals surface area contributed by atoms with Crippen molar-refractivity contribution in [1.82, 2.24) is 15.3 Å². The number of carboxylic acids is 1. The average Bonchev–Trinajstić information content (AvgIpc) is 3.00. The van der Waals surface area contributed by atoms with E-state index in [1.54, 1.807) is 67.0 Å². The summed E-state index contributed by atoms with van der Waals surface area (Å²) in [6.45, 7) is 0. The number of hydrogen-bond donors (Lipinski definition) is 3. The molecule has 10 nitrogen and oxygen atoms in total. The minimum absolute atomic E-state index is 0.0234. The highest BCUT2D eigenvalue weighted by Gasteiger charge is 2.25. The minimum atomic E-state index is -1.11. The van der Waals surface area contributed by atoms with Crippen LogP contribution in [0.1, 0.15) is 52.0 Å². The third-order valence-corrected chi connectivity index (χ3v) is 7.26. The largest absolute Gasteiger partial charge is 0.490 e. The number of nitrogens with zero attached hydrogens (tertiary/aromatic N) is 2. The maximum absolute atomic E-state index is 12.5. The number of amides is 2. The Bertz CT molecular complexity index is 1590. The summed E-state index contributed by atoms with van der Waals surface area (Å²) in [5.41, 5.74) is 1.29. The Balaban J connectivity index is 1.06. The molecule has 1 aliphatic rings. The Kier molecular flexibility index (Phi) is 9.48. The summed E-state index contributed by atoms with van der Waals surface area (Å²) in [7, 11) is 0. The van der Waals surface area contributed by atoms with Gasteiger partial charge >= 0.3 is 5.97 Å². The Labute approximate surface area is 253 Å². The molecule has 1 fully saturated rings. The highest BCUT2D eigenvalue weighted by atomic mass is 35.5. The van der Waals surface area contributed by atoms with Crippen LogP contribution in [0.4, 0.5) is 5.69 Å². The van der Waals surface area contributed by atoms with Crippen molar-refractivity contribution >= 4 is 35.1 Å². The van der Waals surface area contributed by atoms with Crippen LogP contribution in [-0.2, 0) is 11.2 Å². The molecule has 0 spiro atoms. The van der Waals surface area contributed by atoms with Gasteiger partial charge in [0, 0.05) is 24.5 Å². The van der Waals surface area contributed by atoms with Crippen molar-refractivity contribution in [3.05, 3.63) is 107 Å². The average molecular weight is 601 g/mol. The summed E-state index contributed by atoms with van der Waals surface area (Å²) >= 11 is 6.03. The zero-order valence-corrected chi connectivity index (χ0v) is 23.8. The molecule has 220 valence electrons. The lowest BCUT2D eigenvalue weighted by Gasteiger charge is -2.29. The van der Waals surface area contributed by atoms with E-state index in [-0.39, 0.29) is 46.8 Å². The topological polar surface area (TPSA) is 140 Å². The number of pyridine rings is 2. The molecule has 11 heteroatoms. The summed E-state index contributed by atoms with van der Waals surface area (Å²) in [6, 6.07) is 20.3. The lowest BCUT2D eigenvalue weighted by Crippen LogP contribution is -2.39. The molecule has 0 radical (unpaired) electrons. The number of nitrogens with one attached hydrogen (secondary N) is 2. The van der Waals surface area contributed by atoms with Crippen LogP contribution in [0.3, 0.4) is 0 Å². The predicted molar refractivity (Wildman–Crippen MR) is 160 cm³/mol. The molecule has 2 aromatic carbocycles. The van der Waals surface area contributed by atoms with Crippen LogP contribution in [0.2, 0.25) is 5.15 Å². The number of aromatic nitrogens is 2. The lowest BCUT2D eigenvalue weighted by molar-refractivity contribution is -0.115. The first-order chi connectivity index (χ1) is 20.8. The number of halogens is 1. The van der Waals surface area contributed by atoms with Gasteiger partial charge in [-0.3, -0.25) is 9.59 Å². The molecule has 1 saturated carbocycles. The van der Waals surface area contributed by atoms with Crippen molar-refractivity contribution in [2.24, 2.45) is 0 Å². The van der Waals surface area contributed by atoms with Crippen LogP contribution in [0.5, 0.6) is 17.4 Å². The molecule has 5 rings (SSSR count). The number of rotatable bonds is 10. The second-order valence-electron chi connectivity index (χ2n) is 10.1. The van der Waals surface area contributed by atoms with E-state index >= 15 is 0 Å². The van der Waals surface area contributed by atoms with E-state index in [1.165, 1.54) is 6.07 Å². The SMILES string of the molecule is O=C(Cc1ccc(Oc2ccc(OC3CCC(NC(=O)c4cccnc4Cl)CC3)cc2)nc1)Nc1ccccc1C(=O)O. The lowest BCUT2D eigenvalue weighted by atomic mass is 9.92. The monoisotopic (exact) mass is 600 g/mol. The molecule has 0 atom stereocenters. The molecule has 3 N–H and O–H groups in total. The smallest absolute Gasteiger partial charge is 0.337 e. The molecule has 1 aliphatic carbocycles. The maximum Gasteiger partial charge on any atom is 0.337 e. The van der Waals surface area contributed by atoms with E-state index < -0.39 is 5.97 Å². The van der Waals surface area contributed by atoms with Crippen LogP contribution >= 0.6 is 11.6 Å². The number of benzene rings is 2. The first kappa shape index (κ1) is 29.5. The molecule has 2 amide bonds. The van der Waals surface area contributed by atoms with E-state index in [0.29, 0.717) is 22.8 Å². The fourth-order valence-electron chi connectivity index (χ4n) is 4.78. The molecule has 0 bridgehead atoms.